The molecule has 1 amide bonds. The van der Waals surface area contributed by atoms with Crippen molar-refractivity contribution in [3.05, 3.63) is 29.5 Å². The molecule has 1 unspecified atom stereocenters. The molecule has 5 heteroatoms. The second-order valence-corrected chi connectivity index (χ2v) is 6.16. The summed E-state index contributed by atoms with van der Waals surface area (Å²) in [6.07, 6.45) is 2.98. The average molecular weight is 316 g/mol. The summed E-state index contributed by atoms with van der Waals surface area (Å²) in [7, 11) is 3.25. The number of aromatic nitrogens is 1. The molecular formula is C18H24N2O3. The lowest BCUT2D eigenvalue weighted by molar-refractivity contribution is -0.135. The highest BCUT2D eigenvalue weighted by Gasteiger charge is 2.29. The minimum atomic E-state index is 0.0880. The second-order valence-electron chi connectivity index (χ2n) is 6.16. The van der Waals surface area contributed by atoms with Gasteiger partial charge in [-0.15, -0.1) is 0 Å². The fourth-order valence-corrected chi connectivity index (χ4v) is 3.57. The molecule has 23 heavy (non-hydrogen) atoms. The van der Waals surface area contributed by atoms with Crippen LogP contribution in [0.15, 0.2) is 18.2 Å². The number of nitrogens with one attached hydrogen (secondary N) is 1. The Bertz CT molecular complexity index is 708. The van der Waals surface area contributed by atoms with Crippen LogP contribution in [0, 0.1) is 6.92 Å². The van der Waals surface area contributed by atoms with Gasteiger partial charge in [-0.2, -0.15) is 0 Å². The van der Waals surface area contributed by atoms with E-state index in [1.807, 2.05) is 17.0 Å². The third-order valence-electron chi connectivity index (χ3n) is 4.73. The van der Waals surface area contributed by atoms with Crippen LogP contribution < -0.4 is 4.74 Å². The van der Waals surface area contributed by atoms with Crippen LogP contribution in [0.4, 0.5) is 0 Å². The van der Waals surface area contributed by atoms with Gasteiger partial charge in [-0.05, 0) is 49.9 Å². The topological polar surface area (TPSA) is 54.6 Å². The van der Waals surface area contributed by atoms with E-state index in [4.69, 9.17) is 9.47 Å². The number of hydrogen-bond donors (Lipinski definition) is 1. The molecule has 0 bridgehead atoms. The number of nitrogens with zero attached hydrogens (tertiary/aromatic N) is 1. The number of amides is 1. The van der Waals surface area contributed by atoms with Crippen LogP contribution in [0.25, 0.3) is 10.9 Å². The molecule has 1 atom stereocenters. The molecule has 0 spiro atoms. The van der Waals surface area contributed by atoms with E-state index in [2.05, 4.69) is 18.0 Å². The lowest BCUT2D eigenvalue weighted by atomic mass is 10.0. The van der Waals surface area contributed by atoms with Gasteiger partial charge in [0, 0.05) is 36.3 Å². The molecule has 1 N–H and O–H groups in total. The van der Waals surface area contributed by atoms with E-state index < -0.39 is 0 Å². The van der Waals surface area contributed by atoms with Crippen molar-refractivity contribution in [1.82, 2.24) is 9.88 Å². The monoisotopic (exact) mass is 316 g/mol. The molecule has 1 aromatic carbocycles. The maximum atomic E-state index is 12.2. The lowest BCUT2D eigenvalue weighted by Gasteiger charge is -2.24. The van der Waals surface area contributed by atoms with Crippen molar-refractivity contribution in [2.75, 3.05) is 27.4 Å². The number of ether oxygens (including phenoxy) is 2. The first-order valence-electron chi connectivity index (χ1n) is 8.07. The summed E-state index contributed by atoms with van der Waals surface area (Å²) in [6.45, 7) is 3.09. The predicted octanol–water partition coefficient (Wildman–Crippen LogP) is 2.66. The number of carbonyl (C=O) groups excluding carboxylic acids is 1. The van der Waals surface area contributed by atoms with E-state index in [-0.39, 0.29) is 18.6 Å². The maximum Gasteiger partial charge on any atom is 0.248 e. The van der Waals surface area contributed by atoms with E-state index in [0.29, 0.717) is 0 Å². The zero-order valence-electron chi connectivity index (χ0n) is 14.0. The molecule has 5 nitrogen and oxygen atoms in total. The van der Waals surface area contributed by atoms with Crippen LogP contribution >= 0.6 is 0 Å². The number of fused-ring (bicyclic) bond motifs is 1. The number of likely N-dealkylation sites (tertiary alicyclic amines) is 1. The predicted molar refractivity (Wildman–Crippen MR) is 89.9 cm³/mol. The molecule has 2 aromatic rings. The number of benzene rings is 1. The molecule has 1 aromatic heterocycles. The van der Waals surface area contributed by atoms with Crippen LogP contribution in [0.2, 0.25) is 0 Å². The largest absolute Gasteiger partial charge is 0.497 e. The number of rotatable bonds is 5. The molecule has 0 aliphatic carbocycles. The number of carbonyl (C=O) groups is 1. The SMILES string of the molecule is COCC(=O)N1CCCC1Cc1c(C)[nH]c2ccc(OC)cc12. The van der Waals surface area contributed by atoms with Crippen LogP contribution in [-0.2, 0) is 16.0 Å². The maximum absolute atomic E-state index is 12.2. The third kappa shape index (κ3) is 3.06. The fourth-order valence-electron chi connectivity index (χ4n) is 3.57. The molecule has 1 aliphatic heterocycles. The van der Waals surface area contributed by atoms with Gasteiger partial charge in [-0.25, -0.2) is 0 Å². The molecule has 1 aliphatic rings. The summed E-state index contributed by atoms with van der Waals surface area (Å²) in [5.41, 5.74) is 3.56. The van der Waals surface area contributed by atoms with Gasteiger partial charge in [0.25, 0.3) is 0 Å². The van der Waals surface area contributed by atoms with Crippen molar-refractivity contribution in [3.63, 3.8) is 0 Å². The van der Waals surface area contributed by atoms with Crippen LogP contribution in [0.1, 0.15) is 24.1 Å². The summed E-state index contributed by atoms with van der Waals surface area (Å²) in [4.78, 5) is 17.6. The Hall–Kier alpha value is -2.01. The van der Waals surface area contributed by atoms with Gasteiger partial charge in [0.1, 0.15) is 12.4 Å². The Balaban J connectivity index is 1.88. The molecule has 3 rings (SSSR count). The van der Waals surface area contributed by atoms with Gasteiger partial charge in [-0.3, -0.25) is 4.79 Å². The van der Waals surface area contributed by atoms with Crippen molar-refractivity contribution >= 4 is 16.8 Å². The lowest BCUT2D eigenvalue weighted by Crippen LogP contribution is -2.38. The zero-order valence-corrected chi connectivity index (χ0v) is 14.0. The molecule has 1 fully saturated rings. The summed E-state index contributed by atoms with van der Waals surface area (Å²) in [5.74, 6) is 0.946. The standard InChI is InChI=1S/C18H24N2O3/c1-12-15(16-10-14(23-3)6-7-17(16)19-12)9-13-5-4-8-20(13)18(21)11-22-2/h6-7,10,13,19H,4-5,8-9,11H2,1-3H3. The van der Waals surface area contributed by atoms with Crippen molar-refractivity contribution in [2.24, 2.45) is 0 Å². The van der Waals surface area contributed by atoms with Crippen LogP contribution in [0.3, 0.4) is 0 Å². The van der Waals surface area contributed by atoms with Crippen LogP contribution in [-0.4, -0.2) is 49.2 Å². The van der Waals surface area contributed by atoms with Gasteiger partial charge < -0.3 is 19.4 Å². The fraction of sp³-hybridized carbons (Fsp3) is 0.500. The highest BCUT2D eigenvalue weighted by molar-refractivity contribution is 5.86. The number of aromatic amines is 1. The Kier molecular flexibility index (Phi) is 4.57. The first-order valence-corrected chi connectivity index (χ1v) is 8.07. The third-order valence-corrected chi connectivity index (χ3v) is 4.73. The Morgan fingerprint density at radius 2 is 2.22 bits per heavy atom. The number of methoxy groups -OCH3 is 2. The second kappa shape index (κ2) is 6.62. The zero-order chi connectivity index (χ0) is 16.4. The first-order chi connectivity index (χ1) is 11.1. The van der Waals surface area contributed by atoms with Crippen molar-refractivity contribution in [3.8, 4) is 5.75 Å². The normalized spacial score (nSPS) is 17.9. The van der Waals surface area contributed by atoms with Crippen molar-refractivity contribution in [1.29, 1.82) is 0 Å². The van der Waals surface area contributed by atoms with Crippen molar-refractivity contribution in [2.45, 2.75) is 32.2 Å². The van der Waals surface area contributed by atoms with Gasteiger partial charge in [0.15, 0.2) is 0 Å². The summed E-state index contributed by atoms with van der Waals surface area (Å²) < 4.78 is 10.4. The highest BCUT2D eigenvalue weighted by Crippen LogP contribution is 2.30. The average Bonchev–Trinajstić information content (AvgIpc) is 3.12. The van der Waals surface area contributed by atoms with E-state index in [9.17, 15) is 4.79 Å². The van der Waals surface area contributed by atoms with Gasteiger partial charge in [0.2, 0.25) is 5.91 Å². The minimum absolute atomic E-state index is 0.0880. The summed E-state index contributed by atoms with van der Waals surface area (Å²) in [5, 5.41) is 1.19. The van der Waals surface area contributed by atoms with E-state index in [1.54, 1.807) is 14.2 Å². The quantitative estimate of drug-likeness (QED) is 0.922. The smallest absolute Gasteiger partial charge is 0.248 e. The molecular weight excluding hydrogens is 292 g/mol. The van der Waals surface area contributed by atoms with Crippen LogP contribution in [0.5, 0.6) is 5.75 Å². The molecule has 124 valence electrons. The molecule has 1 saturated heterocycles. The number of hydrogen-bond acceptors (Lipinski definition) is 3. The molecule has 2 heterocycles. The molecule has 0 radical (unpaired) electrons. The highest BCUT2D eigenvalue weighted by atomic mass is 16.5. The number of H-pyrrole nitrogens is 1. The molecule has 0 saturated carbocycles. The Labute approximate surface area is 136 Å². The van der Waals surface area contributed by atoms with Crippen molar-refractivity contribution < 1.29 is 14.3 Å². The van der Waals surface area contributed by atoms with E-state index in [1.165, 1.54) is 16.6 Å². The Morgan fingerprint density at radius 3 is 2.96 bits per heavy atom. The summed E-state index contributed by atoms with van der Waals surface area (Å²) >= 11 is 0. The van der Waals surface area contributed by atoms with E-state index in [0.717, 1.165) is 37.1 Å². The van der Waals surface area contributed by atoms with E-state index >= 15 is 0 Å². The minimum Gasteiger partial charge on any atom is -0.497 e. The summed E-state index contributed by atoms with van der Waals surface area (Å²) in [6, 6.07) is 6.34. The Morgan fingerprint density at radius 1 is 1.39 bits per heavy atom. The van der Waals surface area contributed by atoms with Gasteiger partial charge >= 0.3 is 0 Å². The first kappa shape index (κ1) is 15.9. The van der Waals surface area contributed by atoms with Gasteiger partial charge in [0.05, 0.1) is 7.11 Å². The number of aryl methyl sites for hydroxylation is 1. The van der Waals surface area contributed by atoms with Gasteiger partial charge in [-0.1, -0.05) is 0 Å².